The summed E-state index contributed by atoms with van der Waals surface area (Å²) in [6.07, 6.45) is -14.8. The van der Waals surface area contributed by atoms with E-state index in [1.807, 2.05) is 67.7 Å². The highest BCUT2D eigenvalue weighted by Gasteiger charge is 2.57. The van der Waals surface area contributed by atoms with Crippen LogP contribution in [0.4, 0.5) is 11.4 Å². The van der Waals surface area contributed by atoms with E-state index >= 15 is 0 Å². The van der Waals surface area contributed by atoms with Crippen LogP contribution in [0.3, 0.4) is 0 Å². The largest absolute Gasteiger partial charge is 0.457 e. The van der Waals surface area contributed by atoms with Crippen molar-refractivity contribution in [3.63, 3.8) is 0 Å². The van der Waals surface area contributed by atoms with E-state index in [2.05, 4.69) is 30.7 Å². The van der Waals surface area contributed by atoms with E-state index in [0.29, 0.717) is 0 Å². The molecule has 0 unspecified atom stereocenters. The summed E-state index contributed by atoms with van der Waals surface area (Å²) in [5, 5.41) is 11.8. The predicted octanol–water partition coefficient (Wildman–Crippen LogP) is 6.14. The standard InChI is InChI=1S/C38H58N8O14Si2/c1-19(47)53-25-27(59-61(11,12)37(5,6)7)31(55-21(3)49)35(43-45-39)57-29(25)33(51)41-23-15-17-24(18-16-23)42-34(52)30-26(54-20(2)48)28(60-62(13,14)38(8,9)10)32(56-22(4)50)36(58-30)44-46-40/h15-18,25-32,35-36H,1-14H3,(H,41,51)(H,42,52)/t25-,26-,27-,28-,29-,30-,31+,32+,35+,36+/m0/s1. The molecule has 0 aromatic heterocycles. The van der Waals surface area contributed by atoms with Gasteiger partial charge in [0.1, 0.15) is 12.2 Å². The number of amides is 2. The quantitative estimate of drug-likeness (QED) is 0.0529. The minimum atomic E-state index is -2.77. The Kier molecular flexibility index (Phi) is 16.9. The molecule has 62 heavy (non-hydrogen) atoms. The number of ether oxygens (including phenoxy) is 6. The summed E-state index contributed by atoms with van der Waals surface area (Å²) >= 11 is 0. The molecule has 342 valence electrons. The summed E-state index contributed by atoms with van der Waals surface area (Å²) in [7, 11) is -5.55. The Hall–Kier alpha value is -5.07. The Morgan fingerprint density at radius 3 is 1.06 bits per heavy atom. The summed E-state index contributed by atoms with van der Waals surface area (Å²) in [6.45, 7) is 23.8. The van der Waals surface area contributed by atoms with Crippen molar-refractivity contribution in [2.45, 2.75) is 167 Å². The van der Waals surface area contributed by atoms with E-state index < -0.39 is 124 Å². The van der Waals surface area contributed by atoms with Crippen LogP contribution in [0.5, 0.6) is 0 Å². The second-order valence-corrected chi connectivity index (χ2v) is 27.4. The molecule has 2 saturated heterocycles. The molecule has 0 saturated carbocycles. The Bertz CT molecular complexity index is 1810. The van der Waals surface area contributed by atoms with E-state index in [1.54, 1.807) is 0 Å². The fourth-order valence-electron chi connectivity index (χ4n) is 6.00. The fraction of sp³-hybridized carbons (Fsp3) is 0.684. The Labute approximate surface area is 361 Å². The van der Waals surface area contributed by atoms with Gasteiger partial charge < -0.3 is 47.9 Å². The zero-order chi connectivity index (χ0) is 47.1. The molecule has 10 atom stereocenters. The van der Waals surface area contributed by atoms with Gasteiger partial charge in [-0.2, -0.15) is 0 Å². The normalized spacial score (nSPS) is 26.6. The molecule has 0 radical (unpaired) electrons. The molecule has 2 amide bonds. The highest BCUT2D eigenvalue weighted by atomic mass is 28.4. The molecule has 2 aliphatic heterocycles. The fourth-order valence-corrected chi connectivity index (χ4v) is 8.61. The predicted molar refractivity (Wildman–Crippen MR) is 226 cm³/mol. The van der Waals surface area contributed by atoms with E-state index in [-0.39, 0.29) is 11.4 Å². The third kappa shape index (κ3) is 13.0. The van der Waals surface area contributed by atoms with Crippen molar-refractivity contribution in [2.24, 2.45) is 10.2 Å². The van der Waals surface area contributed by atoms with Crippen LogP contribution in [-0.2, 0) is 66.0 Å². The number of hydrogen-bond donors (Lipinski definition) is 2. The van der Waals surface area contributed by atoms with Crippen molar-refractivity contribution in [3.8, 4) is 0 Å². The van der Waals surface area contributed by atoms with Crippen molar-refractivity contribution in [3.05, 3.63) is 45.2 Å². The molecule has 2 heterocycles. The Morgan fingerprint density at radius 1 is 0.548 bits per heavy atom. The number of benzene rings is 1. The minimum absolute atomic E-state index is 0.171. The zero-order valence-corrected chi connectivity index (χ0v) is 39.5. The first-order valence-electron chi connectivity index (χ1n) is 19.7. The summed E-state index contributed by atoms with van der Waals surface area (Å²) < 4.78 is 47.3. The van der Waals surface area contributed by atoms with Gasteiger partial charge >= 0.3 is 23.9 Å². The van der Waals surface area contributed by atoms with Gasteiger partial charge in [-0.1, -0.05) is 51.8 Å². The third-order valence-corrected chi connectivity index (χ3v) is 19.9. The van der Waals surface area contributed by atoms with Gasteiger partial charge in [0.2, 0.25) is 0 Å². The van der Waals surface area contributed by atoms with Crippen LogP contribution in [0.2, 0.25) is 36.3 Å². The Balaban J connectivity index is 1.97. The second kappa shape index (κ2) is 20.4. The van der Waals surface area contributed by atoms with Crippen LogP contribution in [0.25, 0.3) is 20.9 Å². The Morgan fingerprint density at radius 2 is 0.823 bits per heavy atom. The maximum Gasteiger partial charge on any atom is 0.303 e. The van der Waals surface area contributed by atoms with Crippen molar-refractivity contribution in [1.82, 2.24) is 0 Å². The van der Waals surface area contributed by atoms with Crippen LogP contribution in [0, 0.1) is 0 Å². The molecular weight excluding hydrogens is 849 g/mol. The molecule has 0 aliphatic carbocycles. The van der Waals surface area contributed by atoms with Gasteiger partial charge in [-0.3, -0.25) is 28.8 Å². The van der Waals surface area contributed by atoms with Gasteiger partial charge in [0.15, 0.2) is 65.7 Å². The van der Waals surface area contributed by atoms with Gasteiger partial charge in [-0.15, -0.1) is 0 Å². The zero-order valence-electron chi connectivity index (χ0n) is 37.5. The van der Waals surface area contributed by atoms with Gasteiger partial charge in [0.25, 0.3) is 11.8 Å². The number of nitrogens with one attached hydrogen (secondary N) is 2. The number of anilines is 2. The molecule has 2 N–H and O–H groups in total. The summed E-state index contributed by atoms with van der Waals surface area (Å²) in [6, 6.07) is 5.67. The van der Waals surface area contributed by atoms with Gasteiger partial charge in [-0.05, 0) is 71.6 Å². The number of hydrogen-bond acceptors (Lipinski definition) is 16. The summed E-state index contributed by atoms with van der Waals surface area (Å²) in [5.41, 5.74) is 19.1. The van der Waals surface area contributed by atoms with Gasteiger partial charge in [0, 0.05) is 48.9 Å². The lowest BCUT2D eigenvalue weighted by atomic mass is 9.96. The molecular formula is C38H58N8O14Si2. The van der Waals surface area contributed by atoms with Crippen molar-refractivity contribution >= 4 is 63.7 Å². The van der Waals surface area contributed by atoms with E-state index in [9.17, 15) is 39.8 Å². The summed E-state index contributed by atoms with van der Waals surface area (Å²) in [5.74, 6) is -4.84. The van der Waals surface area contributed by atoms with Crippen LogP contribution in [0.15, 0.2) is 34.5 Å². The molecule has 0 spiro atoms. The van der Waals surface area contributed by atoms with Crippen molar-refractivity contribution in [1.29, 1.82) is 0 Å². The molecule has 1 aromatic carbocycles. The second-order valence-electron chi connectivity index (χ2n) is 17.8. The highest BCUT2D eigenvalue weighted by Crippen LogP contribution is 2.42. The number of esters is 4. The smallest absolute Gasteiger partial charge is 0.303 e. The highest BCUT2D eigenvalue weighted by molar-refractivity contribution is 6.74. The molecule has 0 bridgehead atoms. The number of carbonyl (C=O) groups is 6. The van der Waals surface area contributed by atoms with Crippen molar-refractivity contribution in [2.75, 3.05) is 10.6 Å². The molecule has 24 heteroatoms. The first-order chi connectivity index (χ1) is 28.5. The van der Waals surface area contributed by atoms with E-state index in [1.165, 1.54) is 24.3 Å². The average molecular weight is 907 g/mol. The van der Waals surface area contributed by atoms with E-state index in [0.717, 1.165) is 27.7 Å². The molecule has 3 rings (SSSR count). The van der Waals surface area contributed by atoms with Crippen LogP contribution >= 0.6 is 0 Å². The minimum Gasteiger partial charge on any atom is -0.457 e. The van der Waals surface area contributed by atoms with Crippen LogP contribution in [-0.4, -0.2) is 114 Å². The lowest BCUT2D eigenvalue weighted by molar-refractivity contribution is -0.232. The maximum absolute atomic E-state index is 14.0. The van der Waals surface area contributed by atoms with Crippen LogP contribution < -0.4 is 10.6 Å². The number of carbonyl (C=O) groups excluding carboxylic acids is 6. The number of azide groups is 2. The summed E-state index contributed by atoms with van der Waals surface area (Å²) in [4.78, 5) is 83.0. The average Bonchev–Trinajstić information content (AvgIpc) is 3.11. The number of nitrogens with zero attached hydrogens (tertiary/aromatic N) is 6. The molecule has 2 fully saturated rings. The molecule has 22 nitrogen and oxygen atoms in total. The maximum atomic E-state index is 14.0. The van der Waals surface area contributed by atoms with E-state index in [4.69, 9.17) is 37.3 Å². The SMILES string of the molecule is CC(=O)O[C@@H]1[C@@H](O[Si](C)(C)C(C)(C)C)[C@H](OC(C)=O)[C@@H](C(=O)Nc2ccc(NC(=O)[C@H]3O[C@@H](N=[N+]=[N-])[C@H](OC(C)=O)[C@@H](O[Si](C)(C)C(C)(C)C)[C@@H]3OC(C)=O)cc2)O[C@H]1N=[N+]=[N-]. The topological polar surface area (TPSA) is 298 Å². The molecule has 2 aliphatic rings. The van der Waals surface area contributed by atoms with Gasteiger partial charge in [0.05, 0.1) is 0 Å². The first kappa shape index (κ1) is 51.3. The first-order valence-corrected chi connectivity index (χ1v) is 25.5. The number of rotatable bonds is 14. The van der Waals surface area contributed by atoms with Gasteiger partial charge in [-0.25, -0.2) is 0 Å². The van der Waals surface area contributed by atoms with Crippen LogP contribution in [0.1, 0.15) is 69.2 Å². The molecule has 1 aromatic rings. The monoisotopic (exact) mass is 906 g/mol. The third-order valence-electron chi connectivity index (χ3n) is 11.0. The lowest BCUT2D eigenvalue weighted by Gasteiger charge is -2.48. The lowest BCUT2D eigenvalue weighted by Crippen LogP contribution is -2.65. The van der Waals surface area contributed by atoms with Crippen molar-refractivity contribution < 1.29 is 66.0 Å².